The molecule has 1 aromatic carbocycles. The van der Waals surface area contributed by atoms with Crippen LogP contribution in [0.2, 0.25) is 0 Å². The fraction of sp³-hybridized carbons (Fsp3) is 0.182. The largest absolute Gasteiger partial charge is 0.508 e. The van der Waals surface area contributed by atoms with Crippen molar-refractivity contribution < 1.29 is 13.9 Å². The highest BCUT2D eigenvalue weighted by atomic mass is 19.3. The Morgan fingerprint density at radius 1 is 1.25 bits per heavy atom. The molecule has 0 aliphatic rings. The minimum absolute atomic E-state index is 0.0422. The van der Waals surface area contributed by atoms with Crippen molar-refractivity contribution in [1.82, 2.24) is 9.55 Å². The second-order valence-corrected chi connectivity index (χ2v) is 3.48. The fourth-order valence-electron chi connectivity index (χ4n) is 1.47. The molecule has 0 radical (unpaired) electrons. The van der Waals surface area contributed by atoms with E-state index in [9.17, 15) is 8.78 Å². The normalized spacial score (nSPS) is 11.7. The van der Waals surface area contributed by atoms with Crippen LogP contribution in [0.3, 0.4) is 0 Å². The Labute approximate surface area is 91.0 Å². The van der Waals surface area contributed by atoms with Gasteiger partial charge in [0.1, 0.15) is 5.75 Å². The number of alkyl halides is 2. The fourth-order valence-corrected chi connectivity index (χ4v) is 1.47. The van der Waals surface area contributed by atoms with Gasteiger partial charge in [0.15, 0.2) is 5.82 Å². The molecule has 0 spiro atoms. The van der Waals surface area contributed by atoms with Gasteiger partial charge in [-0.25, -0.2) is 4.98 Å². The van der Waals surface area contributed by atoms with Crippen LogP contribution in [0.15, 0.2) is 36.7 Å². The zero-order valence-electron chi connectivity index (χ0n) is 8.56. The van der Waals surface area contributed by atoms with Crippen LogP contribution in [-0.4, -0.2) is 14.7 Å². The molecule has 2 rings (SSSR count). The molecule has 1 heterocycles. The molecule has 0 saturated heterocycles. The third kappa shape index (κ3) is 1.64. The second-order valence-electron chi connectivity index (χ2n) is 3.48. The topological polar surface area (TPSA) is 38.0 Å². The van der Waals surface area contributed by atoms with Gasteiger partial charge in [0.25, 0.3) is 0 Å². The summed E-state index contributed by atoms with van der Waals surface area (Å²) in [5.74, 6) is -3.52. The first-order chi connectivity index (χ1) is 7.51. The number of phenolic OH excluding ortho intramolecular Hbond substituents is 1. The lowest BCUT2D eigenvalue weighted by Gasteiger charge is -2.16. The molecule has 0 aliphatic carbocycles. The van der Waals surface area contributed by atoms with Crippen LogP contribution in [0.1, 0.15) is 11.4 Å². The van der Waals surface area contributed by atoms with Crippen LogP contribution in [0.25, 0.3) is 0 Å². The van der Waals surface area contributed by atoms with E-state index in [2.05, 4.69) is 4.98 Å². The third-order valence-corrected chi connectivity index (χ3v) is 2.33. The van der Waals surface area contributed by atoms with Crippen molar-refractivity contribution in [3.63, 3.8) is 0 Å². The molecule has 1 N–H and O–H groups in total. The van der Waals surface area contributed by atoms with E-state index in [4.69, 9.17) is 5.11 Å². The van der Waals surface area contributed by atoms with Crippen LogP contribution < -0.4 is 0 Å². The van der Waals surface area contributed by atoms with Gasteiger partial charge >= 0.3 is 5.92 Å². The predicted molar refractivity (Wildman–Crippen MR) is 54.3 cm³/mol. The summed E-state index contributed by atoms with van der Waals surface area (Å²) >= 11 is 0. The quantitative estimate of drug-likeness (QED) is 0.849. The molecular formula is C11H10F2N2O. The van der Waals surface area contributed by atoms with Crippen LogP contribution >= 0.6 is 0 Å². The molecule has 0 saturated carbocycles. The monoisotopic (exact) mass is 224 g/mol. The van der Waals surface area contributed by atoms with Crippen molar-refractivity contribution in [2.24, 2.45) is 7.05 Å². The Bertz CT molecular complexity index is 491. The van der Waals surface area contributed by atoms with Crippen LogP contribution in [-0.2, 0) is 13.0 Å². The average Bonchev–Trinajstić information content (AvgIpc) is 2.66. The molecule has 0 amide bonds. The smallest absolute Gasteiger partial charge is 0.330 e. The lowest BCUT2D eigenvalue weighted by molar-refractivity contribution is 0.0300. The molecule has 16 heavy (non-hydrogen) atoms. The molecule has 3 nitrogen and oxygen atoms in total. The van der Waals surface area contributed by atoms with E-state index >= 15 is 0 Å². The maximum atomic E-state index is 13.9. The summed E-state index contributed by atoms with van der Waals surface area (Å²) in [6.07, 6.45) is 2.79. The highest BCUT2D eigenvalue weighted by Crippen LogP contribution is 2.34. The number of rotatable bonds is 2. The summed E-state index contributed by atoms with van der Waals surface area (Å²) in [5.41, 5.74) is -0.195. The zero-order valence-corrected chi connectivity index (χ0v) is 8.56. The minimum atomic E-state index is -3.16. The van der Waals surface area contributed by atoms with Crippen LogP contribution in [0, 0.1) is 0 Å². The maximum absolute atomic E-state index is 13.9. The standard InChI is InChI=1S/C11H10F2N2O/c1-15-7-6-14-10(15)11(12,13)8-2-4-9(16)5-3-8/h2-7,16H,1H3. The Kier molecular flexibility index (Phi) is 2.38. The SMILES string of the molecule is Cn1ccnc1C(F)(F)c1ccc(O)cc1. The Morgan fingerprint density at radius 3 is 2.38 bits per heavy atom. The molecule has 5 heteroatoms. The van der Waals surface area contributed by atoms with Gasteiger partial charge in [-0.1, -0.05) is 0 Å². The molecule has 84 valence electrons. The van der Waals surface area contributed by atoms with Gasteiger partial charge in [0, 0.05) is 25.0 Å². The van der Waals surface area contributed by atoms with E-state index in [1.165, 1.54) is 48.3 Å². The van der Waals surface area contributed by atoms with Crippen molar-refractivity contribution >= 4 is 0 Å². The summed E-state index contributed by atoms with van der Waals surface area (Å²) < 4.78 is 29.2. The summed E-state index contributed by atoms with van der Waals surface area (Å²) in [5, 5.41) is 9.04. The molecule has 0 unspecified atom stereocenters. The first kappa shape index (κ1) is 10.6. The lowest BCUT2D eigenvalue weighted by atomic mass is 10.1. The number of hydrogen-bond donors (Lipinski definition) is 1. The highest BCUT2D eigenvalue weighted by Gasteiger charge is 2.37. The first-order valence-corrected chi connectivity index (χ1v) is 4.67. The number of benzene rings is 1. The highest BCUT2D eigenvalue weighted by molar-refractivity contribution is 5.32. The maximum Gasteiger partial charge on any atom is 0.330 e. The third-order valence-electron chi connectivity index (χ3n) is 2.33. The summed E-state index contributed by atoms with van der Waals surface area (Å²) in [4.78, 5) is 3.64. The van der Waals surface area contributed by atoms with Crippen LogP contribution in [0.4, 0.5) is 8.78 Å². The van der Waals surface area contributed by atoms with Gasteiger partial charge in [0.05, 0.1) is 0 Å². The van der Waals surface area contributed by atoms with E-state index in [0.29, 0.717) is 0 Å². The van der Waals surface area contributed by atoms with E-state index in [1.54, 1.807) is 0 Å². The number of nitrogens with zero attached hydrogens (tertiary/aromatic N) is 2. The van der Waals surface area contributed by atoms with E-state index in [-0.39, 0.29) is 17.1 Å². The summed E-state index contributed by atoms with van der Waals surface area (Å²) in [7, 11) is 1.51. The summed E-state index contributed by atoms with van der Waals surface area (Å²) in [6, 6.07) is 4.83. The first-order valence-electron chi connectivity index (χ1n) is 4.67. The Balaban J connectivity index is 2.46. The van der Waals surface area contributed by atoms with Gasteiger partial charge < -0.3 is 9.67 Å². The number of aromatic nitrogens is 2. The number of halogens is 2. The Hall–Kier alpha value is -1.91. The molecule has 1 aromatic heterocycles. The lowest BCUT2D eigenvalue weighted by Crippen LogP contribution is -2.20. The van der Waals surface area contributed by atoms with E-state index < -0.39 is 5.92 Å². The van der Waals surface area contributed by atoms with E-state index in [0.717, 1.165) is 0 Å². The zero-order chi connectivity index (χ0) is 11.8. The average molecular weight is 224 g/mol. The number of phenols is 1. The summed E-state index contributed by atoms with van der Waals surface area (Å²) in [6.45, 7) is 0. The molecule has 2 aromatic rings. The van der Waals surface area contributed by atoms with Crippen molar-refractivity contribution in [2.45, 2.75) is 5.92 Å². The van der Waals surface area contributed by atoms with Gasteiger partial charge in [0.2, 0.25) is 0 Å². The number of imidazole rings is 1. The van der Waals surface area contributed by atoms with Crippen molar-refractivity contribution in [3.8, 4) is 5.75 Å². The molecule has 0 aliphatic heterocycles. The Morgan fingerprint density at radius 2 is 1.88 bits per heavy atom. The number of hydrogen-bond acceptors (Lipinski definition) is 2. The van der Waals surface area contributed by atoms with Crippen molar-refractivity contribution in [2.75, 3.05) is 0 Å². The molecule has 0 fully saturated rings. The predicted octanol–water partition coefficient (Wildman–Crippen LogP) is 2.27. The molecule has 0 atom stereocenters. The van der Waals surface area contributed by atoms with Gasteiger partial charge in [-0.15, -0.1) is 0 Å². The van der Waals surface area contributed by atoms with Gasteiger partial charge in [-0.3, -0.25) is 0 Å². The van der Waals surface area contributed by atoms with Crippen LogP contribution in [0.5, 0.6) is 5.75 Å². The molecular weight excluding hydrogens is 214 g/mol. The van der Waals surface area contributed by atoms with Crippen molar-refractivity contribution in [3.05, 3.63) is 48.0 Å². The number of aromatic hydroxyl groups is 1. The molecule has 0 bridgehead atoms. The van der Waals surface area contributed by atoms with E-state index in [1.807, 2.05) is 0 Å². The van der Waals surface area contributed by atoms with Gasteiger partial charge in [-0.05, 0) is 24.3 Å². The second kappa shape index (κ2) is 3.59. The number of aryl methyl sites for hydroxylation is 1. The minimum Gasteiger partial charge on any atom is -0.508 e. The van der Waals surface area contributed by atoms with Gasteiger partial charge in [-0.2, -0.15) is 8.78 Å². The van der Waals surface area contributed by atoms with Crippen molar-refractivity contribution in [1.29, 1.82) is 0 Å².